The van der Waals surface area contributed by atoms with Gasteiger partial charge in [0.1, 0.15) is 5.52 Å². The third-order valence-electron chi connectivity index (χ3n) is 5.71. The summed E-state index contributed by atoms with van der Waals surface area (Å²) >= 11 is 6.01. The van der Waals surface area contributed by atoms with Gasteiger partial charge in [-0.2, -0.15) is 5.10 Å². The second kappa shape index (κ2) is 8.64. The Hall–Kier alpha value is -4.17. The number of hydrogen-bond donors (Lipinski definition) is 2. The van der Waals surface area contributed by atoms with Crippen molar-refractivity contribution in [3.05, 3.63) is 94.5 Å². The third kappa shape index (κ3) is 3.99. The zero-order valence-electron chi connectivity index (χ0n) is 18.0. The van der Waals surface area contributed by atoms with E-state index in [2.05, 4.69) is 15.4 Å². The normalized spacial score (nSPS) is 12.2. The van der Waals surface area contributed by atoms with E-state index >= 15 is 0 Å². The van der Waals surface area contributed by atoms with Gasteiger partial charge in [0.15, 0.2) is 12.0 Å². The SMILES string of the molecule is C[C@H](NC(=O)c1cc2ncoc2c2cnn(Cc3ccc(Cl)cc3)c12)c1ccc(C(=O)O)cc1. The molecule has 5 aromatic rings. The van der Waals surface area contributed by atoms with Crippen LogP contribution in [0.1, 0.15) is 44.8 Å². The molecule has 0 radical (unpaired) electrons. The number of carbonyl (C=O) groups excluding carboxylic acids is 1. The summed E-state index contributed by atoms with van der Waals surface area (Å²) in [7, 11) is 0. The predicted molar refractivity (Wildman–Crippen MR) is 127 cm³/mol. The molecule has 9 heteroatoms. The highest BCUT2D eigenvalue weighted by atomic mass is 35.5. The topological polar surface area (TPSA) is 110 Å². The number of hydrogen-bond acceptors (Lipinski definition) is 5. The van der Waals surface area contributed by atoms with Crippen LogP contribution in [0.25, 0.3) is 22.0 Å². The van der Waals surface area contributed by atoms with Crippen LogP contribution in [-0.4, -0.2) is 31.7 Å². The number of halogens is 1. The maximum absolute atomic E-state index is 13.4. The number of nitrogens with zero attached hydrogens (tertiary/aromatic N) is 3. The standard InChI is InChI=1S/C25H19ClN4O4/c1-14(16-4-6-17(7-5-16)25(32)33)29-24(31)19-10-21-23(34-13-27-21)20-11-28-30(22(19)20)12-15-2-8-18(26)9-3-15/h2-11,13-14H,12H2,1H3,(H,29,31)(H,32,33)/t14-/m0/s1. The Kier molecular flexibility index (Phi) is 5.51. The van der Waals surface area contributed by atoms with Gasteiger partial charge >= 0.3 is 5.97 Å². The molecule has 2 heterocycles. The van der Waals surface area contributed by atoms with Crippen LogP contribution in [0.5, 0.6) is 0 Å². The van der Waals surface area contributed by atoms with Gasteiger partial charge in [-0.1, -0.05) is 35.9 Å². The number of aromatic nitrogens is 3. The van der Waals surface area contributed by atoms with Crippen LogP contribution in [0.4, 0.5) is 0 Å². The van der Waals surface area contributed by atoms with Crippen molar-refractivity contribution in [1.82, 2.24) is 20.1 Å². The van der Waals surface area contributed by atoms with E-state index in [1.807, 2.05) is 31.2 Å². The smallest absolute Gasteiger partial charge is 0.335 e. The molecule has 0 saturated heterocycles. The van der Waals surface area contributed by atoms with Gasteiger partial charge in [-0.3, -0.25) is 9.48 Å². The molecule has 8 nitrogen and oxygen atoms in total. The Morgan fingerprint density at radius 2 is 1.88 bits per heavy atom. The number of fused-ring (bicyclic) bond motifs is 3. The van der Waals surface area contributed by atoms with E-state index in [0.29, 0.717) is 39.1 Å². The van der Waals surface area contributed by atoms with E-state index < -0.39 is 5.97 Å². The molecular formula is C25H19ClN4O4. The maximum atomic E-state index is 13.4. The van der Waals surface area contributed by atoms with Gasteiger partial charge in [0.25, 0.3) is 5.91 Å². The Balaban J connectivity index is 1.51. The van der Waals surface area contributed by atoms with Gasteiger partial charge < -0.3 is 14.8 Å². The van der Waals surface area contributed by atoms with Crippen molar-refractivity contribution in [2.24, 2.45) is 0 Å². The molecule has 0 fully saturated rings. The lowest BCUT2D eigenvalue weighted by Crippen LogP contribution is -2.27. The summed E-state index contributed by atoms with van der Waals surface area (Å²) in [5.74, 6) is -1.30. The van der Waals surface area contributed by atoms with Gasteiger partial charge in [-0.05, 0) is 48.4 Å². The van der Waals surface area contributed by atoms with Gasteiger partial charge in [0.2, 0.25) is 0 Å². The lowest BCUT2D eigenvalue weighted by Gasteiger charge is -2.16. The summed E-state index contributed by atoms with van der Waals surface area (Å²) in [6, 6.07) is 15.2. The molecule has 0 saturated carbocycles. The van der Waals surface area contributed by atoms with Gasteiger partial charge in [0.05, 0.1) is 40.8 Å². The fourth-order valence-electron chi connectivity index (χ4n) is 3.93. The van der Waals surface area contributed by atoms with Gasteiger partial charge in [0, 0.05) is 5.02 Å². The molecule has 3 aromatic carbocycles. The van der Waals surface area contributed by atoms with Crippen molar-refractivity contribution in [2.75, 3.05) is 0 Å². The van der Waals surface area contributed by atoms with Crippen molar-refractivity contribution in [3.8, 4) is 0 Å². The minimum Gasteiger partial charge on any atom is -0.478 e. The zero-order chi connectivity index (χ0) is 23.8. The lowest BCUT2D eigenvalue weighted by molar-refractivity contribution is 0.0696. The molecule has 34 heavy (non-hydrogen) atoms. The molecule has 0 unspecified atom stereocenters. The van der Waals surface area contributed by atoms with E-state index in [1.54, 1.807) is 29.1 Å². The Morgan fingerprint density at radius 3 is 2.59 bits per heavy atom. The second-order valence-corrected chi connectivity index (χ2v) is 8.37. The van der Waals surface area contributed by atoms with E-state index in [0.717, 1.165) is 11.1 Å². The molecule has 0 spiro atoms. The van der Waals surface area contributed by atoms with Crippen LogP contribution in [0.2, 0.25) is 5.02 Å². The first-order chi connectivity index (χ1) is 16.4. The van der Waals surface area contributed by atoms with Crippen molar-refractivity contribution >= 4 is 45.5 Å². The minimum atomic E-state index is -1.000. The monoisotopic (exact) mass is 474 g/mol. The van der Waals surface area contributed by atoms with Crippen molar-refractivity contribution < 1.29 is 19.1 Å². The van der Waals surface area contributed by atoms with Crippen LogP contribution in [0.15, 0.2) is 71.6 Å². The minimum absolute atomic E-state index is 0.187. The number of rotatable bonds is 6. The number of benzene rings is 3. The number of carboxylic acid groups (broad SMARTS) is 1. The zero-order valence-corrected chi connectivity index (χ0v) is 18.8. The summed E-state index contributed by atoms with van der Waals surface area (Å²) in [6.45, 7) is 2.28. The first-order valence-electron chi connectivity index (χ1n) is 10.5. The fraction of sp³-hybridized carbons (Fsp3) is 0.120. The molecule has 0 aliphatic heterocycles. The van der Waals surface area contributed by atoms with E-state index in [-0.39, 0.29) is 17.5 Å². The average Bonchev–Trinajstić information content (AvgIpc) is 3.47. The van der Waals surface area contributed by atoms with Crippen molar-refractivity contribution in [2.45, 2.75) is 19.5 Å². The molecule has 0 aliphatic rings. The number of nitrogens with one attached hydrogen (secondary N) is 1. The van der Waals surface area contributed by atoms with Crippen LogP contribution in [-0.2, 0) is 6.54 Å². The number of oxazole rings is 1. The predicted octanol–water partition coefficient (Wildman–Crippen LogP) is 5.07. The molecule has 1 amide bonds. The maximum Gasteiger partial charge on any atom is 0.335 e. The lowest BCUT2D eigenvalue weighted by atomic mass is 10.0. The van der Waals surface area contributed by atoms with Gasteiger partial charge in [-0.15, -0.1) is 0 Å². The molecule has 0 aliphatic carbocycles. The van der Waals surface area contributed by atoms with Crippen LogP contribution in [0.3, 0.4) is 0 Å². The first kappa shape index (κ1) is 21.7. The molecule has 5 rings (SSSR count). The largest absolute Gasteiger partial charge is 0.478 e. The van der Waals surface area contributed by atoms with Crippen LogP contribution in [0, 0.1) is 0 Å². The number of aromatic carboxylic acids is 1. The highest BCUT2D eigenvalue weighted by Crippen LogP contribution is 2.29. The highest BCUT2D eigenvalue weighted by molar-refractivity contribution is 6.30. The summed E-state index contributed by atoms with van der Waals surface area (Å²) in [6.07, 6.45) is 3.01. The molecule has 2 aromatic heterocycles. The summed E-state index contributed by atoms with van der Waals surface area (Å²) < 4.78 is 7.32. The fourth-order valence-corrected chi connectivity index (χ4v) is 4.05. The Bertz CT molecular complexity index is 1520. The number of carboxylic acids is 1. The Labute approximate surface area is 198 Å². The van der Waals surface area contributed by atoms with E-state index in [4.69, 9.17) is 21.1 Å². The molecule has 0 bridgehead atoms. The third-order valence-corrected chi connectivity index (χ3v) is 5.96. The second-order valence-electron chi connectivity index (χ2n) is 7.94. The summed E-state index contributed by atoms with van der Waals surface area (Å²) in [5, 5.41) is 17.9. The first-order valence-corrected chi connectivity index (χ1v) is 10.9. The quantitative estimate of drug-likeness (QED) is 0.355. The summed E-state index contributed by atoms with van der Waals surface area (Å²) in [4.78, 5) is 28.7. The van der Waals surface area contributed by atoms with Crippen LogP contribution >= 0.6 is 11.6 Å². The highest BCUT2D eigenvalue weighted by Gasteiger charge is 2.21. The molecular weight excluding hydrogens is 456 g/mol. The van der Waals surface area contributed by atoms with Crippen LogP contribution < -0.4 is 5.32 Å². The van der Waals surface area contributed by atoms with Crippen molar-refractivity contribution in [1.29, 1.82) is 0 Å². The Morgan fingerprint density at radius 1 is 1.15 bits per heavy atom. The van der Waals surface area contributed by atoms with Crippen molar-refractivity contribution in [3.63, 3.8) is 0 Å². The molecule has 1 atom stereocenters. The van der Waals surface area contributed by atoms with Gasteiger partial charge in [-0.25, -0.2) is 9.78 Å². The average molecular weight is 475 g/mol. The van der Waals surface area contributed by atoms with E-state index in [9.17, 15) is 9.59 Å². The number of carbonyl (C=O) groups is 2. The summed E-state index contributed by atoms with van der Waals surface area (Å²) in [5.41, 5.74) is 4.11. The number of amides is 1. The molecule has 2 N–H and O–H groups in total. The van der Waals surface area contributed by atoms with E-state index in [1.165, 1.54) is 18.5 Å². The molecule has 170 valence electrons.